The standard InChI is InChI=1S/C24H21NO6.C21H21NO6.C14H15NO4.C8H9NO2.C8H6O3.CH4/c1-4-19-22(29-13-26-19)7-16(1)10-25(11-17-2-5-20-23(8-17)30-14-27-20)12-18-3-6-21-24(9-18)31-15-28-21;23-16-4-1-13(7-19(16)26)10-22(11-14-2-5-17(24)20(27)8-14)12-15-3-6-18(25)21(28)9-15;16-11-3-1-9(5-13(11)18)7-15-8-10-2-4-12(17)14(19)6-10;2*9-4-6-1-2-7-8(3-6)11-5-10-7;/h1-9H,10-15H2;1-9,23-28H,10-12H2;1-6,15-19H,7-8H2;1-3H,4-5,9H2;1-4H,5H2;1H4. The first-order chi connectivity index (χ1) is 48.5. The highest BCUT2D eigenvalue weighted by molar-refractivity contribution is 5.76. The highest BCUT2D eigenvalue weighted by atomic mass is 16.7. The van der Waals surface area contributed by atoms with Crippen LogP contribution >= 0.6 is 0 Å². The van der Waals surface area contributed by atoms with E-state index in [2.05, 4.69) is 46.6 Å². The highest BCUT2D eigenvalue weighted by Gasteiger charge is 2.21. The van der Waals surface area contributed by atoms with Crippen LogP contribution in [0.1, 0.15) is 67.9 Å². The van der Waals surface area contributed by atoms with Crippen LogP contribution < -0.4 is 58.4 Å². The Hall–Kier alpha value is -12.3. The van der Waals surface area contributed by atoms with E-state index in [1.54, 1.807) is 48.5 Å². The van der Waals surface area contributed by atoms with Gasteiger partial charge in [0.25, 0.3) is 0 Å². The first-order valence-electron chi connectivity index (χ1n) is 31.3. The van der Waals surface area contributed by atoms with E-state index in [0.717, 1.165) is 122 Å². The van der Waals surface area contributed by atoms with Gasteiger partial charge in [0, 0.05) is 64.5 Å². The summed E-state index contributed by atoms with van der Waals surface area (Å²) >= 11 is 0. The van der Waals surface area contributed by atoms with Gasteiger partial charge < -0.3 is 109 Å². The summed E-state index contributed by atoms with van der Waals surface area (Å²) in [6, 6.07) is 52.0. The first-order valence-corrected chi connectivity index (χ1v) is 31.3. The van der Waals surface area contributed by atoms with Crippen molar-refractivity contribution in [3.05, 3.63) is 238 Å². The molecule has 5 aliphatic heterocycles. The van der Waals surface area contributed by atoms with Crippen LogP contribution in [0, 0.1) is 0 Å². The van der Waals surface area contributed by atoms with Crippen molar-refractivity contribution in [3.8, 4) is 115 Å². The van der Waals surface area contributed by atoms with E-state index in [1.165, 1.54) is 60.7 Å². The summed E-state index contributed by atoms with van der Waals surface area (Å²) in [5.41, 5.74) is 14.5. The Kier molecular flexibility index (Phi) is 23.9. The Morgan fingerprint density at radius 3 is 0.802 bits per heavy atom. The average molecular weight is 1380 g/mol. The van der Waals surface area contributed by atoms with E-state index in [1.807, 2.05) is 41.3 Å². The number of carbonyl (C=O) groups is 1. The number of hydrogen-bond acceptors (Lipinski definition) is 25. The molecule has 0 atom stereocenters. The van der Waals surface area contributed by atoms with E-state index in [9.17, 15) is 55.9 Å². The summed E-state index contributed by atoms with van der Waals surface area (Å²) in [6.07, 6.45) is 0.780. The molecule has 0 unspecified atom stereocenters. The van der Waals surface area contributed by atoms with Gasteiger partial charge in [-0.1, -0.05) is 62.0 Å². The Morgan fingerprint density at radius 1 is 0.287 bits per heavy atom. The second kappa shape index (κ2) is 33.8. The van der Waals surface area contributed by atoms with E-state index < -0.39 is 0 Å². The van der Waals surface area contributed by atoms with Crippen molar-refractivity contribution < 1.29 is 103 Å². The highest BCUT2D eigenvalue weighted by Crippen LogP contribution is 2.39. The molecule has 0 aliphatic carbocycles. The molecule has 0 fully saturated rings. The molecular weight excluding hydrogens is 1300 g/mol. The van der Waals surface area contributed by atoms with Crippen molar-refractivity contribution in [3.63, 3.8) is 0 Å². The van der Waals surface area contributed by atoms with E-state index in [0.29, 0.717) is 63.1 Å². The van der Waals surface area contributed by atoms with Crippen LogP contribution in [0.25, 0.3) is 0 Å². The summed E-state index contributed by atoms with van der Waals surface area (Å²) < 4.78 is 53.4. The van der Waals surface area contributed by atoms with E-state index in [-0.39, 0.29) is 92.1 Å². The Balaban J connectivity index is 0.000000144. The zero-order valence-corrected chi connectivity index (χ0v) is 53.7. The van der Waals surface area contributed by atoms with Crippen LogP contribution in [0.3, 0.4) is 0 Å². The number of aromatic hydroxyl groups is 10. The van der Waals surface area contributed by atoms with Crippen LogP contribution in [0.4, 0.5) is 0 Å². The van der Waals surface area contributed by atoms with Crippen LogP contribution in [0.5, 0.6) is 115 Å². The number of benzene rings is 10. The number of phenolic OH excluding ortho intramolecular Hbond substituents is 10. The topological polar surface area (TPSA) is 356 Å². The van der Waals surface area contributed by atoms with Gasteiger partial charge in [-0.3, -0.25) is 14.6 Å². The molecule has 5 heterocycles. The van der Waals surface area contributed by atoms with Gasteiger partial charge >= 0.3 is 0 Å². The number of fused-ring (bicyclic) bond motifs is 5. The molecule has 0 radical (unpaired) electrons. The molecule has 15 rings (SSSR count). The van der Waals surface area contributed by atoms with Crippen molar-refractivity contribution in [2.45, 2.75) is 66.3 Å². The number of ether oxygens (including phenoxy) is 10. The Morgan fingerprint density at radius 2 is 0.515 bits per heavy atom. The molecule has 0 amide bonds. The molecule has 10 aromatic carbocycles. The van der Waals surface area contributed by atoms with Crippen molar-refractivity contribution in [2.24, 2.45) is 5.73 Å². The van der Waals surface area contributed by atoms with Gasteiger partial charge in [-0.15, -0.1) is 0 Å². The fraction of sp³-hybridized carbons (Fsp3) is 0.197. The Labute approximate surface area is 580 Å². The summed E-state index contributed by atoms with van der Waals surface area (Å²) in [7, 11) is 0. The lowest BCUT2D eigenvalue weighted by atomic mass is 10.1. The molecule has 0 aromatic heterocycles. The average Bonchev–Trinajstić information content (AvgIpc) is 1.73. The van der Waals surface area contributed by atoms with Gasteiger partial charge in [0.05, 0.1) is 0 Å². The summed E-state index contributed by atoms with van der Waals surface area (Å²) in [6.45, 7) is 6.40. The molecule has 5 aliphatic rings. The summed E-state index contributed by atoms with van der Waals surface area (Å²) in [5.74, 6) is 5.85. The maximum atomic E-state index is 10.3. The molecule has 0 spiro atoms. The van der Waals surface area contributed by atoms with Gasteiger partial charge in [-0.05, 0) is 177 Å². The van der Waals surface area contributed by atoms with Crippen LogP contribution in [-0.2, 0) is 58.9 Å². The van der Waals surface area contributed by atoms with Gasteiger partial charge in [-0.25, -0.2) is 0 Å². The predicted octanol–water partition coefficient (Wildman–Crippen LogP) is 11.7. The lowest BCUT2D eigenvalue weighted by Crippen LogP contribution is -2.22. The van der Waals surface area contributed by atoms with Gasteiger partial charge in [-0.2, -0.15) is 0 Å². The quantitative estimate of drug-likeness (QED) is 0.0280. The van der Waals surface area contributed by atoms with Gasteiger partial charge in [0.2, 0.25) is 34.0 Å². The second-order valence-corrected chi connectivity index (χ2v) is 23.2. The van der Waals surface area contributed by atoms with E-state index in [4.69, 9.17) is 53.1 Å². The van der Waals surface area contributed by atoms with Crippen molar-refractivity contribution >= 4 is 6.29 Å². The maximum absolute atomic E-state index is 10.3. The van der Waals surface area contributed by atoms with Crippen LogP contribution in [0.2, 0.25) is 0 Å². The molecule has 10 aromatic rings. The number of nitrogens with one attached hydrogen (secondary N) is 1. The lowest BCUT2D eigenvalue weighted by Gasteiger charge is -2.23. The van der Waals surface area contributed by atoms with Crippen molar-refractivity contribution in [1.29, 1.82) is 0 Å². The maximum Gasteiger partial charge on any atom is 0.231 e. The van der Waals surface area contributed by atoms with E-state index >= 15 is 0 Å². The SMILES string of the molecule is C.NCc1ccc2c(c1)OCO2.O=Cc1ccc2c(c1)OCO2.Oc1ccc(CN(Cc2ccc(O)c(O)c2)Cc2ccc(O)c(O)c2)cc1O.Oc1ccc(CNCc2ccc(O)c(O)c2)cc1O.c1cc2c(cc1CN(Cc1ccc3c(c1)OCO3)Cc1ccc3c(c1)OCO3)OCO2. The second-order valence-electron chi connectivity index (χ2n) is 23.2. The van der Waals surface area contributed by atoms with Crippen LogP contribution in [-0.4, -0.2) is 101 Å². The van der Waals surface area contributed by atoms with Crippen molar-refractivity contribution in [2.75, 3.05) is 34.0 Å². The number of phenols is 10. The monoisotopic (exact) mass is 1380 g/mol. The number of nitrogens with two attached hydrogens (primary N) is 1. The molecule has 25 nitrogen and oxygen atoms in total. The fourth-order valence-corrected chi connectivity index (χ4v) is 10.8. The third kappa shape index (κ3) is 19.5. The third-order valence-electron chi connectivity index (χ3n) is 15.8. The fourth-order valence-electron chi connectivity index (χ4n) is 10.8. The minimum Gasteiger partial charge on any atom is -0.504 e. The first kappa shape index (κ1) is 71.5. The number of hydrogen-bond donors (Lipinski definition) is 12. The molecule has 0 bridgehead atoms. The smallest absolute Gasteiger partial charge is 0.231 e. The number of rotatable bonds is 18. The number of nitrogens with zero attached hydrogens (tertiary/aromatic N) is 2. The molecule has 101 heavy (non-hydrogen) atoms. The third-order valence-corrected chi connectivity index (χ3v) is 15.8. The van der Waals surface area contributed by atoms with Crippen LogP contribution in [0.15, 0.2) is 182 Å². The molecule has 25 heteroatoms. The van der Waals surface area contributed by atoms with Crippen molar-refractivity contribution in [1.82, 2.24) is 15.1 Å². The lowest BCUT2D eigenvalue weighted by molar-refractivity contribution is 0.112. The van der Waals surface area contributed by atoms with Gasteiger partial charge in [0.1, 0.15) is 6.29 Å². The zero-order chi connectivity index (χ0) is 70.1. The molecule has 13 N–H and O–H groups in total. The molecule has 526 valence electrons. The molecular formula is C76H76N4O21. The summed E-state index contributed by atoms with van der Waals surface area (Å²) in [4.78, 5) is 14.7. The minimum absolute atomic E-state index is 0. The minimum atomic E-state index is -0.220. The largest absolute Gasteiger partial charge is 0.504 e. The predicted molar refractivity (Wildman–Crippen MR) is 368 cm³/mol. The number of aldehydes is 1. The van der Waals surface area contributed by atoms with Gasteiger partial charge in [0.15, 0.2) is 115 Å². The summed E-state index contributed by atoms with van der Waals surface area (Å²) in [5, 5.41) is 97.9. The Bertz CT molecular complexity index is 4180. The molecule has 0 saturated heterocycles. The zero-order valence-electron chi connectivity index (χ0n) is 53.7. The normalized spacial score (nSPS) is 12.5. The molecule has 0 saturated carbocycles. The number of carbonyl (C=O) groups excluding carboxylic acids is 1.